The smallest absolute Gasteiger partial charge is 0.331 e. The van der Waals surface area contributed by atoms with Gasteiger partial charge in [-0.25, -0.2) is 9.18 Å². The van der Waals surface area contributed by atoms with Crippen LogP contribution in [0, 0.1) is 0 Å². The fourth-order valence-electron chi connectivity index (χ4n) is 3.92. The normalized spacial score (nSPS) is 27.4. The molecule has 2 heterocycles. The second kappa shape index (κ2) is 11.3. The lowest BCUT2D eigenvalue weighted by molar-refractivity contribution is -0.186. The number of carbonyl (C=O) groups is 1. The molecule has 0 bridgehead atoms. The Morgan fingerprint density at radius 3 is 2.65 bits per heavy atom. The van der Waals surface area contributed by atoms with Crippen LogP contribution in [0.4, 0.5) is 4.39 Å². The number of hydroxylamine groups is 1. The Labute approximate surface area is 211 Å². The Morgan fingerprint density at radius 1 is 1.32 bits per heavy atom. The van der Waals surface area contributed by atoms with Gasteiger partial charge in [-0.1, -0.05) is 23.0 Å². The highest BCUT2D eigenvalue weighted by atomic mass is 31.1. The van der Waals surface area contributed by atoms with Crippen molar-refractivity contribution in [1.82, 2.24) is 14.4 Å². The van der Waals surface area contributed by atoms with Crippen molar-refractivity contribution in [2.24, 2.45) is 0 Å². The highest BCUT2D eigenvalue weighted by Gasteiger charge is 2.55. The number of hydrogen-bond donors (Lipinski definition) is 2. The summed E-state index contributed by atoms with van der Waals surface area (Å²) in [6, 6.07) is 8.09. The number of carbonyl (C=O) groups excluding carboxylic acids is 1. The number of esters is 1. The quantitative estimate of drug-likeness (QED) is 0.259. The van der Waals surface area contributed by atoms with E-state index in [1.54, 1.807) is 30.3 Å². The van der Waals surface area contributed by atoms with Crippen molar-refractivity contribution in [3.8, 4) is 5.75 Å². The molecule has 1 aromatic carbocycles. The molecule has 1 aromatic heterocycles. The first-order valence-electron chi connectivity index (χ1n) is 11.8. The van der Waals surface area contributed by atoms with Crippen molar-refractivity contribution >= 4 is 14.1 Å². The zero-order chi connectivity index (χ0) is 26.7. The number of aliphatic hydroxyl groups excluding tert-OH is 1. The maximum atomic E-state index is 15.5. The maximum absolute atomic E-state index is 15.5. The molecule has 2 unspecified atom stereocenters. The number of alkyl halides is 1. The molecule has 6 atom stereocenters. The number of rotatable bonds is 10. The van der Waals surface area contributed by atoms with Crippen molar-refractivity contribution in [3.63, 3.8) is 0 Å². The number of aromatic nitrogens is 2. The summed E-state index contributed by atoms with van der Waals surface area (Å²) >= 11 is 0. The fourth-order valence-corrected chi connectivity index (χ4v) is 4.95. The van der Waals surface area contributed by atoms with E-state index in [2.05, 4.69) is 0 Å². The van der Waals surface area contributed by atoms with Crippen LogP contribution in [0.1, 0.15) is 39.3 Å². The summed E-state index contributed by atoms with van der Waals surface area (Å²) in [7, 11) is -3.23. The SMILES string of the molecule is CC(C(=O)OC1CCC1)N(OC[C@H]1O[C@@H](n2ccc(=O)[nH]c2=O)[C@](C)(F)[C@@H]1O)[PH](=O)Oc1ccccc1. The van der Waals surface area contributed by atoms with E-state index in [0.29, 0.717) is 0 Å². The molecular weight excluding hydrogens is 512 g/mol. The number of nitrogens with zero attached hydrogens (tertiary/aromatic N) is 2. The molecule has 1 saturated carbocycles. The van der Waals surface area contributed by atoms with Gasteiger partial charge < -0.3 is 19.1 Å². The fraction of sp³-hybridized carbons (Fsp3) is 0.522. The minimum absolute atomic E-state index is 0.224. The third-order valence-electron chi connectivity index (χ3n) is 6.35. The molecule has 1 aliphatic carbocycles. The Bertz CT molecular complexity index is 1230. The Kier molecular flexibility index (Phi) is 8.29. The van der Waals surface area contributed by atoms with Gasteiger partial charge in [0.2, 0.25) is 0 Å². The van der Waals surface area contributed by atoms with Crippen molar-refractivity contribution in [2.45, 2.75) is 69.4 Å². The molecule has 4 rings (SSSR count). The lowest BCUT2D eigenvalue weighted by atomic mass is 9.96. The van der Waals surface area contributed by atoms with Gasteiger partial charge in [0.1, 0.15) is 30.1 Å². The zero-order valence-electron chi connectivity index (χ0n) is 20.2. The standard InChI is InChI=1S/C23H29FN3O9P/c1-14(20(30)34-15-9-6-10-15)27(37(32)36-16-7-4-3-5-8-16)33-13-17-19(29)23(2,24)21(35-17)26-12-11-18(28)25-22(26)31/h3-5,7-8,11-12,14-15,17,19,21,29,37H,6,9-10,13H2,1-2H3,(H,25,28,31)/t14?,17-,19-,21-,23-/m1/s1. The minimum atomic E-state index is -3.23. The van der Waals surface area contributed by atoms with Gasteiger partial charge in [-0.15, -0.1) is 0 Å². The summed E-state index contributed by atoms with van der Waals surface area (Å²) in [4.78, 5) is 44.7. The molecule has 12 nitrogen and oxygen atoms in total. The minimum Gasteiger partial charge on any atom is -0.461 e. The number of para-hydroxylation sites is 1. The molecule has 14 heteroatoms. The van der Waals surface area contributed by atoms with Crippen molar-refractivity contribution < 1.29 is 37.7 Å². The third-order valence-corrected chi connectivity index (χ3v) is 7.64. The first-order valence-corrected chi connectivity index (χ1v) is 13.1. The summed E-state index contributed by atoms with van der Waals surface area (Å²) in [6.07, 6.45) is -1.45. The second-order valence-electron chi connectivity index (χ2n) is 9.11. The topological polar surface area (TPSA) is 149 Å². The monoisotopic (exact) mass is 541 g/mol. The van der Waals surface area contributed by atoms with E-state index in [-0.39, 0.29) is 11.9 Å². The summed E-state index contributed by atoms with van der Waals surface area (Å²) in [5.41, 5.74) is -4.06. The van der Waals surface area contributed by atoms with Crippen LogP contribution in [0.15, 0.2) is 52.2 Å². The van der Waals surface area contributed by atoms with Gasteiger partial charge in [-0.3, -0.25) is 28.5 Å². The average Bonchev–Trinajstić information content (AvgIpc) is 3.05. The molecule has 0 spiro atoms. The van der Waals surface area contributed by atoms with Crippen LogP contribution in [0.3, 0.4) is 0 Å². The Balaban J connectivity index is 1.50. The van der Waals surface area contributed by atoms with E-state index in [1.807, 2.05) is 4.98 Å². The molecule has 2 aromatic rings. The van der Waals surface area contributed by atoms with Crippen LogP contribution in [0.2, 0.25) is 0 Å². The van der Waals surface area contributed by atoms with Crippen LogP contribution in [0.25, 0.3) is 0 Å². The van der Waals surface area contributed by atoms with Gasteiger partial charge in [0.15, 0.2) is 11.9 Å². The number of nitrogens with one attached hydrogen (secondary N) is 1. The van der Waals surface area contributed by atoms with Gasteiger partial charge in [0.25, 0.3) is 5.56 Å². The van der Waals surface area contributed by atoms with Gasteiger partial charge in [-0.05, 0) is 45.2 Å². The first-order chi connectivity index (χ1) is 17.6. The lowest BCUT2D eigenvalue weighted by Crippen LogP contribution is -2.44. The maximum Gasteiger partial charge on any atom is 0.331 e. The van der Waals surface area contributed by atoms with Crippen LogP contribution >= 0.6 is 8.18 Å². The number of aromatic amines is 1. The van der Waals surface area contributed by atoms with Crippen LogP contribution < -0.4 is 15.8 Å². The molecule has 0 radical (unpaired) electrons. The number of aliphatic hydroxyl groups is 1. The molecule has 2 aliphatic rings. The van der Waals surface area contributed by atoms with E-state index < -0.39 is 62.2 Å². The number of hydrogen-bond acceptors (Lipinski definition) is 9. The van der Waals surface area contributed by atoms with Gasteiger partial charge >= 0.3 is 19.8 Å². The van der Waals surface area contributed by atoms with E-state index in [1.165, 1.54) is 6.92 Å². The van der Waals surface area contributed by atoms with Gasteiger partial charge in [0.05, 0.1) is 6.61 Å². The van der Waals surface area contributed by atoms with E-state index in [9.17, 15) is 24.1 Å². The molecule has 202 valence electrons. The van der Waals surface area contributed by atoms with Gasteiger partial charge in [-0.2, -0.15) is 0 Å². The highest BCUT2D eigenvalue weighted by Crippen LogP contribution is 2.41. The molecule has 0 amide bonds. The average molecular weight is 541 g/mol. The van der Waals surface area contributed by atoms with Crippen molar-refractivity contribution in [1.29, 1.82) is 0 Å². The first kappa shape index (κ1) is 27.2. The van der Waals surface area contributed by atoms with Crippen LogP contribution in [-0.4, -0.2) is 62.1 Å². The molecular formula is C23H29FN3O9P. The summed E-state index contributed by atoms with van der Waals surface area (Å²) in [6.45, 7) is 1.92. The number of ether oxygens (including phenoxy) is 2. The van der Waals surface area contributed by atoms with E-state index in [0.717, 1.165) is 47.9 Å². The molecule has 1 saturated heterocycles. The molecule has 2 fully saturated rings. The Morgan fingerprint density at radius 2 is 2.03 bits per heavy atom. The predicted octanol–water partition coefficient (Wildman–Crippen LogP) is 1.71. The largest absolute Gasteiger partial charge is 0.461 e. The Hall–Kier alpha value is -2.83. The summed E-state index contributed by atoms with van der Waals surface area (Å²) in [5.74, 6) is -0.411. The van der Waals surface area contributed by atoms with Gasteiger partial charge in [0, 0.05) is 12.3 Å². The van der Waals surface area contributed by atoms with Crippen molar-refractivity contribution in [3.05, 3.63) is 63.4 Å². The zero-order valence-corrected chi connectivity index (χ0v) is 21.2. The van der Waals surface area contributed by atoms with Crippen LogP contribution in [-0.2, 0) is 23.7 Å². The number of H-pyrrole nitrogens is 1. The summed E-state index contributed by atoms with van der Waals surface area (Å²) in [5, 5.41) is 10.6. The highest BCUT2D eigenvalue weighted by molar-refractivity contribution is 7.36. The molecule has 37 heavy (non-hydrogen) atoms. The molecule has 2 N–H and O–H groups in total. The third kappa shape index (κ3) is 6.02. The lowest BCUT2D eigenvalue weighted by Gasteiger charge is -2.30. The molecule has 1 aliphatic heterocycles. The second-order valence-corrected chi connectivity index (χ2v) is 10.3. The summed E-state index contributed by atoms with van der Waals surface area (Å²) < 4.78 is 45.9. The van der Waals surface area contributed by atoms with E-state index in [4.69, 9.17) is 18.8 Å². The number of benzene rings is 1. The predicted molar refractivity (Wildman–Crippen MR) is 128 cm³/mol. The van der Waals surface area contributed by atoms with Crippen LogP contribution in [0.5, 0.6) is 5.75 Å². The van der Waals surface area contributed by atoms with E-state index >= 15 is 4.39 Å². The number of halogens is 1. The van der Waals surface area contributed by atoms with Crippen molar-refractivity contribution in [2.75, 3.05) is 6.61 Å².